The molecule has 1 aromatic heterocycles. The smallest absolute Gasteiger partial charge is 0.338 e. The van der Waals surface area contributed by atoms with E-state index < -0.39 is 12.0 Å². The Morgan fingerprint density at radius 3 is 2.56 bits per heavy atom. The van der Waals surface area contributed by atoms with E-state index >= 15 is 0 Å². The summed E-state index contributed by atoms with van der Waals surface area (Å²) in [7, 11) is 1.60. The van der Waals surface area contributed by atoms with E-state index in [1.807, 2.05) is 79.7 Å². The molecule has 9 heteroatoms. The van der Waals surface area contributed by atoms with E-state index in [-0.39, 0.29) is 12.2 Å². The van der Waals surface area contributed by atoms with Crippen LogP contribution in [0, 0.1) is 6.92 Å². The van der Waals surface area contributed by atoms with E-state index in [9.17, 15) is 9.59 Å². The van der Waals surface area contributed by atoms with Crippen LogP contribution in [0.3, 0.4) is 0 Å². The zero-order valence-corrected chi connectivity index (χ0v) is 25.5. The molecular weight excluding hydrogens is 604 g/mol. The van der Waals surface area contributed by atoms with Gasteiger partial charge < -0.3 is 14.2 Å². The molecule has 210 valence electrons. The van der Waals surface area contributed by atoms with Gasteiger partial charge in [0.05, 0.1) is 35.6 Å². The molecule has 1 aliphatic heterocycles. The van der Waals surface area contributed by atoms with Crippen LogP contribution in [0.5, 0.6) is 11.5 Å². The topological polar surface area (TPSA) is 79.1 Å². The first-order chi connectivity index (χ1) is 19.8. The van der Waals surface area contributed by atoms with Gasteiger partial charge in [-0.05, 0) is 67.8 Å². The van der Waals surface area contributed by atoms with Crippen LogP contribution in [0.15, 0.2) is 92.3 Å². The molecule has 1 aliphatic rings. The molecule has 0 saturated carbocycles. The molecule has 0 radical (unpaired) electrons. The number of carbonyl (C=O) groups excluding carboxylic acids is 1. The van der Waals surface area contributed by atoms with Gasteiger partial charge >= 0.3 is 5.97 Å². The number of nitrogens with zero attached hydrogens (tertiary/aromatic N) is 2. The maximum atomic E-state index is 14.0. The molecule has 0 fully saturated rings. The maximum absolute atomic E-state index is 14.0. The van der Waals surface area contributed by atoms with Crippen molar-refractivity contribution in [1.82, 2.24) is 4.57 Å². The average Bonchev–Trinajstić information content (AvgIpc) is 3.27. The third-order valence-electron chi connectivity index (χ3n) is 6.78. The van der Waals surface area contributed by atoms with Gasteiger partial charge in [-0.25, -0.2) is 9.79 Å². The van der Waals surface area contributed by atoms with Gasteiger partial charge in [0.25, 0.3) is 5.56 Å². The third-order valence-corrected chi connectivity index (χ3v) is 8.29. The second-order valence-electron chi connectivity index (χ2n) is 9.48. The van der Waals surface area contributed by atoms with Crippen molar-refractivity contribution in [2.75, 3.05) is 13.7 Å². The van der Waals surface area contributed by atoms with Crippen LogP contribution in [0.25, 0.3) is 6.08 Å². The normalized spacial score (nSPS) is 14.9. The Morgan fingerprint density at radius 2 is 1.83 bits per heavy atom. The summed E-state index contributed by atoms with van der Waals surface area (Å²) in [6.07, 6.45) is 1.82. The lowest BCUT2D eigenvalue weighted by atomic mass is 9.95. The van der Waals surface area contributed by atoms with E-state index in [4.69, 9.17) is 14.2 Å². The van der Waals surface area contributed by atoms with Crippen LogP contribution in [0.2, 0.25) is 0 Å². The third kappa shape index (κ3) is 5.92. The van der Waals surface area contributed by atoms with Crippen molar-refractivity contribution in [2.24, 2.45) is 4.99 Å². The molecule has 0 unspecified atom stereocenters. The summed E-state index contributed by atoms with van der Waals surface area (Å²) in [6, 6.07) is 20.5. The van der Waals surface area contributed by atoms with Crippen LogP contribution in [-0.4, -0.2) is 24.3 Å². The SMILES string of the molecule is CCOC(=O)C1=C(C)N=c2sc(=Cc3ccccc3OCc3ccc(Br)cc3)c(=O)n2[C@H]1c1ccc(C)c(OC)c1. The number of hydrogen-bond donors (Lipinski definition) is 0. The number of fused-ring (bicyclic) bond motifs is 1. The minimum Gasteiger partial charge on any atom is -0.496 e. The van der Waals surface area contributed by atoms with E-state index in [1.54, 1.807) is 25.5 Å². The average molecular weight is 634 g/mol. The Kier molecular flexibility index (Phi) is 8.56. The number of aromatic nitrogens is 1. The van der Waals surface area contributed by atoms with E-state index in [0.29, 0.717) is 38.7 Å². The van der Waals surface area contributed by atoms with Gasteiger partial charge in [0, 0.05) is 10.0 Å². The molecule has 0 N–H and O–H groups in total. The fourth-order valence-electron chi connectivity index (χ4n) is 4.73. The van der Waals surface area contributed by atoms with Crippen molar-refractivity contribution in [2.45, 2.75) is 33.4 Å². The molecule has 0 spiro atoms. The fraction of sp³-hybridized carbons (Fsp3) is 0.219. The largest absolute Gasteiger partial charge is 0.496 e. The number of thiazole rings is 1. The van der Waals surface area contributed by atoms with E-state index in [0.717, 1.165) is 26.7 Å². The number of ether oxygens (including phenoxy) is 3. The fourth-order valence-corrected chi connectivity index (χ4v) is 6.03. The first kappa shape index (κ1) is 28.6. The highest BCUT2D eigenvalue weighted by Crippen LogP contribution is 2.33. The van der Waals surface area contributed by atoms with Crippen LogP contribution in [0.4, 0.5) is 0 Å². The number of hydrogen-bond acceptors (Lipinski definition) is 7. The number of para-hydroxylation sites is 1. The van der Waals surface area contributed by atoms with Gasteiger partial charge in [0.2, 0.25) is 0 Å². The second-order valence-corrected chi connectivity index (χ2v) is 11.4. The summed E-state index contributed by atoms with van der Waals surface area (Å²) in [5.74, 6) is 0.822. The van der Waals surface area contributed by atoms with Gasteiger partial charge in [-0.1, -0.05) is 69.7 Å². The van der Waals surface area contributed by atoms with Crippen LogP contribution in [-0.2, 0) is 16.1 Å². The standard InChI is InChI=1S/C32H29BrN2O5S/c1-5-39-31(37)28-20(3)34-32-35(29(28)23-13-10-19(2)26(16-23)38-4)30(36)27(41-32)17-22-8-6-7-9-25(22)40-18-21-11-14-24(33)15-12-21/h6-17,29H,5,18H2,1-4H3/t29-/m0/s1. The van der Waals surface area contributed by atoms with Crippen LogP contribution < -0.4 is 24.4 Å². The number of aryl methyl sites for hydroxylation is 1. The van der Waals surface area contributed by atoms with Crippen LogP contribution in [0.1, 0.15) is 42.1 Å². The molecule has 5 rings (SSSR count). The van der Waals surface area contributed by atoms with Gasteiger partial charge in [-0.2, -0.15) is 0 Å². The Balaban J connectivity index is 1.61. The van der Waals surface area contributed by atoms with Crippen LogP contribution >= 0.6 is 27.3 Å². The minimum absolute atomic E-state index is 0.209. The lowest BCUT2D eigenvalue weighted by Crippen LogP contribution is -2.40. The van der Waals surface area contributed by atoms with Crippen molar-refractivity contribution >= 4 is 39.3 Å². The molecule has 41 heavy (non-hydrogen) atoms. The van der Waals surface area contributed by atoms with Crippen molar-refractivity contribution < 1.29 is 19.0 Å². The molecule has 2 heterocycles. The number of allylic oxidation sites excluding steroid dienone is 1. The zero-order chi connectivity index (χ0) is 29.1. The summed E-state index contributed by atoms with van der Waals surface area (Å²) >= 11 is 4.73. The summed E-state index contributed by atoms with van der Waals surface area (Å²) in [5, 5.41) is 0. The first-order valence-electron chi connectivity index (χ1n) is 13.1. The predicted octanol–water partition coefficient (Wildman–Crippen LogP) is 5.46. The highest BCUT2D eigenvalue weighted by Gasteiger charge is 2.33. The van der Waals surface area contributed by atoms with E-state index in [1.165, 1.54) is 11.3 Å². The van der Waals surface area contributed by atoms with Crippen molar-refractivity contribution in [1.29, 1.82) is 0 Å². The summed E-state index contributed by atoms with van der Waals surface area (Å²) in [6.45, 7) is 6.06. The van der Waals surface area contributed by atoms with Crippen molar-refractivity contribution in [3.05, 3.63) is 124 Å². The summed E-state index contributed by atoms with van der Waals surface area (Å²) in [5.41, 5.74) is 4.06. The molecule has 4 aromatic rings. The van der Waals surface area contributed by atoms with Gasteiger partial charge in [0.1, 0.15) is 18.1 Å². The second kappa shape index (κ2) is 12.3. The quantitative estimate of drug-likeness (QED) is 0.241. The van der Waals surface area contributed by atoms with E-state index in [2.05, 4.69) is 20.9 Å². The molecule has 0 aliphatic carbocycles. The summed E-state index contributed by atoms with van der Waals surface area (Å²) < 4.78 is 20.2. The summed E-state index contributed by atoms with van der Waals surface area (Å²) in [4.78, 5) is 32.4. The number of rotatable bonds is 8. The number of carbonyl (C=O) groups is 1. The molecule has 0 bridgehead atoms. The molecule has 7 nitrogen and oxygen atoms in total. The number of methoxy groups -OCH3 is 1. The van der Waals surface area contributed by atoms with Gasteiger partial charge in [-0.3, -0.25) is 9.36 Å². The number of halogens is 1. The van der Waals surface area contributed by atoms with Gasteiger partial charge in [-0.15, -0.1) is 0 Å². The first-order valence-corrected chi connectivity index (χ1v) is 14.7. The Labute approximate surface area is 250 Å². The monoisotopic (exact) mass is 632 g/mol. The molecule has 1 atom stereocenters. The lowest BCUT2D eigenvalue weighted by molar-refractivity contribution is -0.139. The van der Waals surface area contributed by atoms with Crippen molar-refractivity contribution in [3.8, 4) is 11.5 Å². The Morgan fingerprint density at radius 1 is 1.07 bits per heavy atom. The maximum Gasteiger partial charge on any atom is 0.338 e. The molecule has 0 saturated heterocycles. The minimum atomic E-state index is -0.717. The Bertz CT molecular complexity index is 1820. The molecular formula is C32H29BrN2O5S. The molecule has 0 amide bonds. The van der Waals surface area contributed by atoms with Crippen molar-refractivity contribution in [3.63, 3.8) is 0 Å². The Hall–Kier alpha value is -3.95. The highest BCUT2D eigenvalue weighted by molar-refractivity contribution is 9.10. The lowest BCUT2D eigenvalue weighted by Gasteiger charge is -2.25. The molecule has 3 aromatic carbocycles. The number of benzene rings is 3. The predicted molar refractivity (Wildman–Crippen MR) is 163 cm³/mol. The van der Waals surface area contributed by atoms with Gasteiger partial charge in [0.15, 0.2) is 4.80 Å². The number of esters is 1. The highest BCUT2D eigenvalue weighted by atomic mass is 79.9. The zero-order valence-electron chi connectivity index (χ0n) is 23.1.